The highest BCUT2D eigenvalue weighted by Gasteiger charge is 2.13. The molecule has 1 aliphatic rings. The number of rotatable bonds is 5. The molecule has 0 bridgehead atoms. The lowest BCUT2D eigenvalue weighted by atomic mass is 10.2. The van der Waals surface area contributed by atoms with E-state index in [1.54, 1.807) is 0 Å². The molecule has 2 rings (SSSR count). The third-order valence-electron chi connectivity index (χ3n) is 3.22. The number of nitrogens with one attached hydrogen (secondary N) is 1. The lowest BCUT2D eigenvalue weighted by Crippen LogP contribution is -2.35. The van der Waals surface area contributed by atoms with Crippen molar-refractivity contribution in [3.05, 3.63) is 29.8 Å². The fourth-order valence-corrected chi connectivity index (χ4v) is 2.15. The molecule has 1 aliphatic heterocycles. The zero-order chi connectivity index (χ0) is 14.2. The number of carbonyl (C=O) groups excluding carboxylic acids is 1. The van der Waals surface area contributed by atoms with Crippen LogP contribution in [0.15, 0.2) is 24.3 Å². The molecule has 0 radical (unpaired) electrons. The minimum absolute atomic E-state index is 0.0864. The first-order chi connectivity index (χ1) is 9.78. The zero-order valence-corrected chi connectivity index (χ0v) is 11.5. The summed E-state index contributed by atoms with van der Waals surface area (Å²) in [6.45, 7) is 3.43. The van der Waals surface area contributed by atoms with Crippen molar-refractivity contribution in [2.45, 2.75) is 12.8 Å². The molecule has 0 saturated carbocycles. The third kappa shape index (κ3) is 4.56. The summed E-state index contributed by atoms with van der Waals surface area (Å²) in [5.41, 5.74) is 0.990. The van der Waals surface area contributed by atoms with Gasteiger partial charge < -0.3 is 10.1 Å². The zero-order valence-electron chi connectivity index (χ0n) is 11.5. The molecule has 5 heteroatoms. The van der Waals surface area contributed by atoms with Crippen LogP contribution in [0.5, 0.6) is 5.75 Å². The molecule has 1 fully saturated rings. The topological polar surface area (TPSA) is 65.4 Å². The van der Waals surface area contributed by atoms with Gasteiger partial charge in [-0.2, -0.15) is 5.26 Å². The van der Waals surface area contributed by atoms with Crippen LogP contribution in [0.3, 0.4) is 0 Å². The lowest BCUT2D eigenvalue weighted by molar-refractivity contribution is -0.121. The first-order valence-corrected chi connectivity index (χ1v) is 6.85. The van der Waals surface area contributed by atoms with Crippen LogP contribution >= 0.6 is 0 Å². The molecule has 0 aromatic heterocycles. The van der Waals surface area contributed by atoms with Gasteiger partial charge in [0.1, 0.15) is 12.4 Å². The van der Waals surface area contributed by atoms with Gasteiger partial charge in [-0.1, -0.05) is 12.1 Å². The maximum atomic E-state index is 11.4. The smallest absolute Gasteiger partial charge is 0.234 e. The summed E-state index contributed by atoms with van der Waals surface area (Å²) in [5, 5.41) is 11.5. The van der Waals surface area contributed by atoms with Gasteiger partial charge in [-0.25, -0.2) is 0 Å². The average molecular weight is 273 g/mol. The molecule has 5 nitrogen and oxygen atoms in total. The van der Waals surface area contributed by atoms with E-state index in [9.17, 15) is 4.79 Å². The Morgan fingerprint density at radius 3 is 2.90 bits per heavy atom. The van der Waals surface area contributed by atoms with E-state index in [2.05, 4.69) is 16.3 Å². The van der Waals surface area contributed by atoms with Gasteiger partial charge in [0.25, 0.3) is 0 Å². The standard InChI is InChI=1S/C15H19N3O2/c16-7-6-13-2-4-14(5-3-13)20-11-10-18-9-1-8-17-15(19)12-18/h2-5H,1,6,8-12H2,(H,17,19). The Morgan fingerprint density at radius 2 is 2.15 bits per heavy atom. The van der Waals surface area contributed by atoms with Crippen molar-refractivity contribution in [1.82, 2.24) is 10.2 Å². The summed E-state index contributed by atoms with van der Waals surface area (Å²) in [6, 6.07) is 9.67. The van der Waals surface area contributed by atoms with E-state index in [4.69, 9.17) is 10.00 Å². The molecule has 1 amide bonds. The second kappa shape index (κ2) is 7.51. The summed E-state index contributed by atoms with van der Waals surface area (Å²) in [6.07, 6.45) is 1.40. The van der Waals surface area contributed by atoms with Crippen LogP contribution in [0.4, 0.5) is 0 Å². The van der Waals surface area contributed by atoms with E-state index < -0.39 is 0 Å². The highest BCUT2D eigenvalue weighted by molar-refractivity contribution is 5.78. The van der Waals surface area contributed by atoms with Crippen molar-refractivity contribution in [3.8, 4) is 11.8 Å². The molecule has 1 heterocycles. The minimum Gasteiger partial charge on any atom is -0.492 e. The maximum absolute atomic E-state index is 11.4. The normalized spacial score (nSPS) is 16.1. The van der Waals surface area contributed by atoms with Crippen LogP contribution in [0.25, 0.3) is 0 Å². The van der Waals surface area contributed by atoms with Gasteiger partial charge in [-0.3, -0.25) is 9.69 Å². The number of carbonyl (C=O) groups is 1. The van der Waals surface area contributed by atoms with Gasteiger partial charge in [0.05, 0.1) is 19.0 Å². The Hall–Kier alpha value is -2.06. The molecule has 0 atom stereocenters. The molecular formula is C15H19N3O2. The van der Waals surface area contributed by atoms with Crippen molar-refractivity contribution in [2.75, 3.05) is 32.8 Å². The second-order valence-electron chi connectivity index (χ2n) is 4.81. The Labute approximate surface area is 119 Å². The summed E-state index contributed by atoms with van der Waals surface area (Å²) in [7, 11) is 0. The summed E-state index contributed by atoms with van der Waals surface area (Å²) >= 11 is 0. The fourth-order valence-electron chi connectivity index (χ4n) is 2.15. The number of ether oxygens (including phenoxy) is 1. The summed E-state index contributed by atoms with van der Waals surface area (Å²) < 4.78 is 5.66. The molecule has 1 N–H and O–H groups in total. The predicted octanol–water partition coefficient (Wildman–Crippen LogP) is 0.953. The van der Waals surface area contributed by atoms with Crippen molar-refractivity contribution in [3.63, 3.8) is 0 Å². The van der Waals surface area contributed by atoms with E-state index in [0.29, 0.717) is 19.6 Å². The highest BCUT2D eigenvalue weighted by Crippen LogP contribution is 2.12. The number of nitrogens with zero attached hydrogens (tertiary/aromatic N) is 2. The molecule has 0 aliphatic carbocycles. The van der Waals surface area contributed by atoms with Gasteiger partial charge in [0.15, 0.2) is 0 Å². The quantitative estimate of drug-likeness (QED) is 0.867. The third-order valence-corrected chi connectivity index (χ3v) is 3.22. The minimum atomic E-state index is 0.0864. The molecule has 20 heavy (non-hydrogen) atoms. The fraction of sp³-hybridized carbons (Fsp3) is 0.467. The van der Waals surface area contributed by atoms with Gasteiger partial charge in [-0.05, 0) is 24.1 Å². The van der Waals surface area contributed by atoms with Crippen molar-refractivity contribution >= 4 is 5.91 Å². The largest absolute Gasteiger partial charge is 0.492 e. The number of hydrogen-bond acceptors (Lipinski definition) is 4. The van der Waals surface area contributed by atoms with Crippen LogP contribution < -0.4 is 10.1 Å². The number of nitriles is 1. The number of hydrogen-bond donors (Lipinski definition) is 1. The second-order valence-corrected chi connectivity index (χ2v) is 4.81. The Morgan fingerprint density at radius 1 is 1.35 bits per heavy atom. The van der Waals surface area contributed by atoms with Crippen LogP contribution in [0.1, 0.15) is 12.0 Å². The molecular weight excluding hydrogens is 254 g/mol. The van der Waals surface area contributed by atoms with Gasteiger partial charge in [-0.15, -0.1) is 0 Å². The molecule has 1 aromatic rings. The number of benzene rings is 1. The predicted molar refractivity (Wildman–Crippen MR) is 75.3 cm³/mol. The molecule has 0 unspecified atom stereocenters. The van der Waals surface area contributed by atoms with E-state index >= 15 is 0 Å². The molecule has 1 saturated heterocycles. The van der Waals surface area contributed by atoms with Crippen molar-refractivity contribution < 1.29 is 9.53 Å². The van der Waals surface area contributed by atoms with Crippen LogP contribution in [-0.2, 0) is 11.2 Å². The Kier molecular flexibility index (Phi) is 5.39. The van der Waals surface area contributed by atoms with Crippen molar-refractivity contribution in [2.24, 2.45) is 0 Å². The Bertz CT molecular complexity index is 479. The maximum Gasteiger partial charge on any atom is 0.234 e. The molecule has 0 spiro atoms. The summed E-state index contributed by atoms with van der Waals surface area (Å²) in [4.78, 5) is 13.5. The lowest BCUT2D eigenvalue weighted by Gasteiger charge is -2.18. The number of amides is 1. The monoisotopic (exact) mass is 273 g/mol. The van der Waals surface area contributed by atoms with E-state index in [0.717, 1.165) is 37.4 Å². The SMILES string of the molecule is N#CCc1ccc(OCCN2CCCNC(=O)C2)cc1. The Balaban J connectivity index is 1.74. The first-order valence-electron chi connectivity index (χ1n) is 6.85. The van der Waals surface area contributed by atoms with Gasteiger partial charge in [0, 0.05) is 19.6 Å². The highest BCUT2D eigenvalue weighted by atomic mass is 16.5. The summed E-state index contributed by atoms with van der Waals surface area (Å²) in [5.74, 6) is 0.884. The van der Waals surface area contributed by atoms with Gasteiger partial charge in [0.2, 0.25) is 5.91 Å². The van der Waals surface area contributed by atoms with Crippen molar-refractivity contribution in [1.29, 1.82) is 5.26 Å². The van der Waals surface area contributed by atoms with Gasteiger partial charge >= 0.3 is 0 Å². The average Bonchev–Trinajstić information content (AvgIpc) is 2.65. The molecule has 106 valence electrons. The van der Waals surface area contributed by atoms with E-state index in [1.165, 1.54) is 0 Å². The van der Waals surface area contributed by atoms with Crippen LogP contribution in [0, 0.1) is 11.3 Å². The van der Waals surface area contributed by atoms with Crippen LogP contribution in [0.2, 0.25) is 0 Å². The molecule has 1 aromatic carbocycles. The first kappa shape index (κ1) is 14.4. The van der Waals surface area contributed by atoms with E-state index in [-0.39, 0.29) is 5.91 Å². The van der Waals surface area contributed by atoms with E-state index in [1.807, 2.05) is 24.3 Å². The van der Waals surface area contributed by atoms with Crippen LogP contribution in [-0.4, -0.2) is 43.6 Å².